The minimum absolute atomic E-state index is 0.0195. The second-order valence-corrected chi connectivity index (χ2v) is 6.19. The van der Waals surface area contributed by atoms with E-state index in [0.717, 1.165) is 25.7 Å². The van der Waals surface area contributed by atoms with Gasteiger partial charge in [0.2, 0.25) is 5.91 Å². The molecule has 3 rings (SSSR count). The first-order valence-corrected chi connectivity index (χ1v) is 8.01. The van der Waals surface area contributed by atoms with Crippen molar-refractivity contribution < 1.29 is 19.5 Å². The third-order valence-corrected chi connectivity index (χ3v) is 4.40. The molecule has 1 aromatic rings. The standard InChI is InChI=1S/C17H20N2O4/c20-15(11-4-5-11)18-13-8-6-12(7-9-13)16(21)19-10-2-1-3-14(19)17(22)23/h6-9,11,14H,1-5,10H2,(H,18,20)(H,22,23)/t14-/m1/s1. The maximum Gasteiger partial charge on any atom is 0.326 e. The van der Waals surface area contributed by atoms with Gasteiger partial charge in [0, 0.05) is 23.7 Å². The summed E-state index contributed by atoms with van der Waals surface area (Å²) in [6.45, 7) is 0.468. The van der Waals surface area contributed by atoms with E-state index in [2.05, 4.69) is 5.32 Å². The van der Waals surface area contributed by atoms with Crippen molar-refractivity contribution in [2.45, 2.75) is 38.1 Å². The number of hydrogen-bond acceptors (Lipinski definition) is 3. The van der Waals surface area contributed by atoms with Crippen LogP contribution in [0.2, 0.25) is 0 Å². The molecule has 2 aliphatic rings. The Hall–Kier alpha value is -2.37. The van der Waals surface area contributed by atoms with Crippen LogP contribution in [0.5, 0.6) is 0 Å². The van der Waals surface area contributed by atoms with E-state index in [1.165, 1.54) is 4.90 Å². The van der Waals surface area contributed by atoms with E-state index in [9.17, 15) is 19.5 Å². The molecule has 6 nitrogen and oxygen atoms in total. The number of piperidine rings is 1. The number of anilines is 1. The average Bonchev–Trinajstić information content (AvgIpc) is 3.40. The predicted molar refractivity (Wildman–Crippen MR) is 84.1 cm³/mol. The number of likely N-dealkylation sites (tertiary alicyclic amines) is 1. The summed E-state index contributed by atoms with van der Waals surface area (Å²) < 4.78 is 0. The van der Waals surface area contributed by atoms with Crippen molar-refractivity contribution in [2.24, 2.45) is 5.92 Å². The molecule has 23 heavy (non-hydrogen) atoms. The Morgan fingerprint density at radius 3 is 2.35 bits per heavy atom. The van der Waals surface area contributed by atoms with Gasteiger partial charge < -0.3 is 15.3 Å². The lowest BCUT2D eigenvalue weighted by molar-refractivity contribution is -0.143. The highest BCUT2D eigenvalue weighted by molar-refractivity contribution is 5.98. The van der Waals surface area contributed by atoms with E-state index in [0.29, 0.717) is 24.2 Å². The highest BCUT2D eigenvalue weighted by Crippen LogP contribution is 2.30. The van der Waals surface area contributed by atoms with Crippen LogP contribution >= 0.6 is 0 Å². The first-order chi connectivity index (χ1) is 11.1. The van der Waals surface area contributed by atoms with Crippen LogP contribution in [0.4, 0.5) is 5.69 Å². The molecule has 0 unspecified atom stereocenters. The Labute approximate surface area is 134 Å². The molecular weight excluding hydrogens is 296 g/mol. The number of carbonyl (C=O) groups excluding carboxylic acids is 2. The SMILES string of the molecule is O=C(Nc1ccc(C(=O)N2CCCC[C@@H]2C(=O)O)cc1)C1CC1. The molecule has 1 saturated heterocycles. The normalized spacial score (nSPS) is 20.9. The zero-order valence-corrected chi connectivity index (χ0v) is 12.8. The Morgan fingerprint density at radius 1 is 1.04 bits per heavy atom. The molecule has 2 amide bonds. The van der Waals surface area contributed by atoms with Gasteiger partial charge in [-0.15, -0.1) is 0 Å². The van der Waals surface area contributed by atoms with Gasteiger partial charge in [0.05, 0.1) is 0 Å². The third kappa shape index (κ3) is 3.52. The van der Waals surface area contributed by atoms with Crippen LogP contribution in [-0.4, -0.2) is 40.4 Å². The fraction of sp³-hybridized carbons (Fsp3) is 0.471. The number of amides is 2. The van der Waals surface area contributed by atoms with Gasteiger partial charge in [0.25, 0.3) is 5.91 Å². The number of carbonyl (C=O) groups is 3. The number of nitrogens with one attached hydrogen (secondary N) is 1. The molecule has 0 aromatic heterocycles. The van der Waals surface area contributed by atoms with Crippen LogP contribution in [-0.2, 0) is 9.59 Å². The lowest BCUT2D eigenvalue weighted by Crippen LogP contribution is -2.47. The molecule has 1 aromatic carbocycles. The smallest absolute Gasteiger partial charge is 0.326 e. The van der Waals surface area contributed by atoms with Crippen molar-refractivity contribution in [1.29, 1.82) is 0 Å². The molecule has 6 heteroatoms. The number of aliphatic carboxylic acids is 1. The van der Waals surface area contributed by atoms with E-state index >= 15 is 0 Å². The summed E-state index contributed by atoms with van der Waals surface area (Å²) in [4.78, 5) is 37.0. The second kappa shape index (κ2) is 6.40. The van der Waals surface area contributed by atoms with Crippen LogP contribution in [0.15, 0.2) is 24.3 Å². The number of benzene rings is 1. The van der Waals surface area contributed by atoms with Gasteiger partial charge in [0.15, 0.2) is 0 Å². The van der Waals surface area contributed by atoms with E-state index in [1.807, 2.05) is 0 Å². The van der Waals surface area contributed by atoms with Crippen molar-refractivity contribution in [2.75, 3.05) is 11.9 Å². The average molecular weight is 316 g/mol. The first-order valence-electron chi connectivity index (χ1n) is 8.01. The Balaban J connectivity index is 1.68. The highest BCUT2D eigenvalue weighted by Gasteiger charge is 2.32. The summed E-state index contributed by atoms with van der Waals surface area (Å²) in [6, 6.07) is 5.91. The topological polar surface area (TPSA) is 86.7 Å². The van der Waals surface area contributed by atoms with Gasteiger partial charge in [0.1, 0.15) is 6.04 Å². The number of rotatable bonds is 4. The molecule has 2 N–H and O–H groups in total. The largest absolute Gasteiger partial charge is 0.480 e. The van der Waals surface area contributed by atoms with E-state index < -0.39 is 12.0 Å². The van der Waals surface area contributed by atoms with E-state index in [1.54, 1.807) is 24.3 Å². The summed E-state index contributed by atoms with van der Waals surface area (Å²) in [6.07, 6.45) is 4.02. The molecule has 122 valence electrons. The zero-order valence-electron chi connectivity index (χ0n) is 12.8. The van der Waals surface area contributed by atoms with Crippen LogP contribution in [0.25, 0.3) is 0 Å². The summed E-state index contributed by atoms with van der Waals surface area (Å²) >= 11 is 0. The van der Waals surface area contributed by atoms with Gasteiger partial charge in [-0.3, -0.25) is 9.59 Å². The number of hydrogen-bond donors (Lipinski definition) is 2. The molecule has 1 aliphatic carbocycles. The molecule has 1 heterocycles. The monoisotopic (exact) mass is 316 g/mol. The van der Waals surface area contributed by atoms with Crippen LogP contribution in [0.1, 0.15) is 42.5 Å². The second-order valence-electron chi connectivity index (χ2n) is 6.19. The Bertz CT molecular complexity index is 622. The van der Waals surface area contributed by atoms with E-state index in [4.69, 9.17) is 0 Å². The molecule has 0 spiro atoms. The number of carboxylic acids is 1. The fourth-order valence-electron chi connectivity index (χ4n) is 2.88. The zero-order chi connectivity index (χ0) is 16.4. The molecule has 2 fully saturated rings. The first kappa shape index (κ1) is 15.5. The van der Waals surface area contributed by atoms with Gasteiger partial charge in [-0.05, 0) is 56.4 Å². The maximum atomic E-state index is 12.5. The minimum atomic E-state index is -0.952. The lowest BCUT2D eigenvalue weighted by Gasteiger charge is -2.33. The van der Waals surface area contributed by atoms with Gasteiger partial charge in [-0.2, -0.15) is 0 Å². The predicted octanol–water partition coefficient (Wildman–Crippen LogP) is 2.11. The van der Waals surface area contributed by atoms with Gasteiger partial charge in [-0.1, -0.05) is 0 Å². The molecule has 0 bridgehead atoms. The molecule has 1 saturated carbocycles. The van der Waals surface area contributed by atoms with Gasteiger partial charge in [-0.25, -0.2) is 4.79 Å². The highest BCUT2D eigenvalue weighted by atomic mass is 16.4. The Kier molecular flexibility index (Phi) is 4.32. The maximum absolute atomic E-state index is 12.5. The number of carboxylic acid groups (broad SMARTS) is 1. The van der Waals surface area contributed by atoms with Crippen molar-refractivity contribution in [3.63, 3.8) is 0 Å². The van der Waals surface area contributed by atoms with Crippen molar-refractivity contribution in [3.05, 3.63) is 29.8 Å². The quantitative estimate of drug-likeness (QED) is 0.890. The third-order valence-electron chi connectivity index (χ3n) is 4.40. The summed E-state index contributed by atoms with van der Waals surface area (Å²) in [7, 11) is 0. The number of nitrogens with zero attached hydrogens (tertiary/aromatic N) is 1. The molecule has 0 radical (unpaired) electrons. The molecule has 1 aliphatic heterocycles. The van der Waals surface area contributed by atoms with Gasteiger partial charge >= 0.3 is 5.97 Å². The Morgan fingerprint density at radius 2 is 1.74 bits per heavy atom. The summed E-state index contributed by atoms with van der Waals surface area (Å²) in [5.41, 5.74) is 1.11. The fourth-order valence-corrected chi connectivity index (χ4v) is 2.88. The lowest BCUT2D eigenvalue weighted by atomic mass is 10.0. The molecule has 1 atom stereocenters. The summed E-state index contributed by atoms with van der Waals surface area (Å²) in [5, 5.41) is 12.1. The van der Waals surface area contributed by atoms with Crippen LogP contribution in [0, 0.1) is 5.92 Å². The summed E-state index contributed by atoms with van der Waals surface area (Å²) in [5.74, 6) is -1.07. The van der Waals surface area contributed by atoms with Crippen LogP contribution < -0.4 is 5.32 Å². The van der Waals surface area contributed by atoms with Crippen LogP contribution in [0.3, 0.4) is 0 Å². The van der Waals surface area contributed by atoms with Crippen molar-refractivity contribution >= 4 is 23.5 Å². The van der Waals surface area contributed by atoms with Crippen molar-refractivity contribution in [3.8, 4) is 0 Å². The minimum Gasteiger partial charge on any atom is -0.480 e. The van der Waals surface area contributed by atoms with E-state index in [-0.39, 0.29) is 17.7 Å². The molecular formula is C17H20N2O4. The van der Waals surface area contributed by atoms with Crippen molar-refractivity contribution in [1.82, 2.24) is 4.90 Å².